The van der Waals surface area contributed by atoms with Crippen molar-refractivity contribution in [3.05, 3.63) is 0 Å². The molecule has 16 heavy (non-hydrogen) atoms. The highest BCUT2D eigenvalue weighted by atomic mass is 16.4. The molecule has 6 nitrogen and oxygen atoms in total. The molecule has 0 bridgehead atoms. The highest BCUT2D eigenvalue weighted by molar-refractivity contribution is 5.86. The van der Waals surface area contributed by atoms with Gasteiger partial charge >= 0.3 is 5.97 Å². The molecule has 1 aliphatic heterocycles. The largest absolute Gasteiger partial charge is 0.481 e. The number of rotatable bonds is 4. The van der Waals surface area contributed by atoms with E-state index in [0.29, 0.717) is 19.5 Å². The van der Waals surface area contributed by atoms with Crippen LogP contribution >= 0.6 is 0 Å². The van der Waals surface area contributed by atoms with Gasteiger partial charge in [-0.1, -0.05) is 6.92 Å². The lowest BCUT2D eigenvalue weighted by Crippen LogP contribution is -2.58. The van der Waals surface area contributed by atoms with Crippen molar-refractivity contribution in [2.45, 2.75) is 31.8 Å². The van der Waals surface area contributed by atoms with Crippen LogP contribution in [0.25, 0.3) is 0 Å². The fourth-order valence-corrected chi connectivity index (χ4v) is 1.88. The van der Waals surface area contributed by atoms with Gasteiger partial charge in [0, 0.05) is 13.1 Å². The molecule has 0 aromatic carbocycles. The third-order valence-corrected chi connectivity index (χ3v) is 2.68. The van der Waals surface area contributed by atoms with Crippen LogP contribution < -0.4 is 5.32 Å². The molecule has 6 heteroatoms. The van der Waals surface area contributed by atoms with E-state index in [2.05, 4.69) is 11.4 Å². The summed E-state index contributed by atoms with van der Waals surface area (Å²) in [5.74, 6) is -1.33. The number of carboxylic acid groups (broad SMARTS) is 1. The third kappa shape index (κ3) is 2.70. The summed E-state index contributed by atoms with van der Waals surface area (Å²) in [6.45, 7) is 2.83. The van der Waals surface area contributed by atoms with E-state index in [9.17, 15) is 9.59 Å². The maximum absolute atomic E-state index is 11.6. The second-order valence-corrected chi connectivity index (χ2v) is 3.70. The molecule has 0 aromatic rings. The molecule has 0 saturated carbocycles. The topological polar surface area (TPSA) is 93.4 Å². The fourth-order valence-electron chi connectivity index (χ4n) is 1.88. The number of carboxylic acids is 1. The first-order chi connectivity index (χ1) is 7.60. The Bertz CT molecular complexity index is 324. The summed E-state index contributed by atoms with van der Waals surface area (Å²) >= 11 is 0. The van der Waals surface area contributed by atoms with Gasteiger partial charge < -0.3 is 10.4 Å². The predicted octanol–water partition coefficient (Wildman–Crippen LogP) is -0.436. The SMILES string of the molecule is CCC(C#N)N1CCNC(=O)C1CC(=O)O. The molecular formula is C10H15N3O3. The second-order valence-electron chi connectivity index (χ2n) is 3.70. The van der Waals surface area contributed by atoms with Crippen LogP contribution in [0.2, 0.25) is 0 Å². The van der Waals surface area contributed by atoms with Crippen molar-refractivity contribution in [3.8, 4) is 6.07 Å². The van der Waals surface area contributed by atoms with E-state index >= 15 is 0 Å². The van der Waals surface area contributed by atoms with E-state index in [4.69, 9.17) is 10.4 Å². The number of nitrogens with one attached hydrogen (secondary N) is 1. The van der Waals surface area contributed by atoms with Crippen molar-refractivity contribution < 1.29 is 14.7 Å². The van der Waals surface area contributed by atoms with Crippen LogP contribution in [-0.4, -0.2) is 47.1 Å². The Morgan fingerprint density at radius 1 is 1.81 bits per heavy atom. The summed E-state index contributed by atoms with van der Waals surface area (Å²) in [5.41, 5.74) is 0. The van der Waals surface area contributed by atoms with Gasteiger partial charge in [-0.25, -0.2) is 0 Å². The van der Waals surface area contributed by atoms with E-state index in [1.165, 1.54) is 0 Å². The highest BCUT2D eigenvalue weighted by Crippen LogP contribution is 2.14. The van der Waals surface area contributed by atoms with Crippen LogP contribution in [0.5, 0.6) is 0 Å². The van der Waals surface area contributed by atoms with Crippen molar-refractivity contribution in [2.75, 3.05) is 13.1 Å². The Hall–Kier alpha value is -1.61. The van der Waals surface area contributed by atoms with Gasteiger partial charge in [-0.2, -0.15) is 5.26 Å². The number of amides is 1. The number of aliphatic carboxylic acids is 1. The van der Waals surface area contributed by atoms with Crippen LogP contribution in [0, 0.1) is 11.3 Å². The molecule has 88 valence electrons. The van der Waals surface area contributed by atoms with E-state index in [1.54, 1.807) is 4.90 Å². The van der Waals surface area contributed by atoms with Crippen molar-refractivity contribution in [1.29, 1.82) is 5.26 Å². The molecule has 1 amide bonds. The van der Waals surface area contributed by atoms with Gasteiger partial charge in [0.2, 0.25) is 5.91 Å². The smallest absolute Gasteiger partial charge is 0.305 e. The third-order valence-electron chi connectivity index (χ3n) is 2.68. The van der Waals surface area contributed by atoms with Crippen molar-refractivity contribution >= 4 is 11.9 Å². The monoisotopic (exact) mass is 225 g/mol. The molecule has 0 aliphatic carbocycles. The number of carbonyl (C=O) groups is 2. The minimum Gasteiger partial charge on any atom is -0.481 e. The minimum atomic E-state index is -1.03. The second kappa shape index (κ2) is 5.47. The van der Waals surface area contributed by atoms with Crippen LogP contribution in [0.4, 0.5) is 0 Å². The molecule has 1 fully saturated rings. The quantitative estimate of drug-likeness (QED) is 0.676. The lowest BCUT2D eigenvalue weighted by atomic mass is 10.0. The van der Waals surface area contributed by atoms with Gasteiger partial charge in [-0.05, 0) is 6.42 Å². The summed E-state index contributed by atoms with van der Waals surface area (Å²) in [4.78, 5) is 23.9. The van der Waals surface area contributed by atoms with E-state index in [0.717, 1.165) is 0 Å². The number of carbonyl (C=O) groups excluding carboxylic acids is 1. The highest BCUT2D eigenvalue weighted by Gasteiger charge is 2.35. The zero-order chi connectivity index (χ0) is 12.1. The molecule has 1 saturated heterocycles. The maximum atomic E-state index is 11.6. The van der Waals surface area contributed by atoms with Crippen molar-refractivity contribution in [2.24, 2.45) is 0 Å². The molecule has 0 spiro atoms. The number of nitrogens with zero attached hydrogens (tertiary/aromatic N) is 2. The first kappa shape index (κ1) is 12.5. The molecule has 1 aliphatic rings. The zero-order valence-electron chi connectivity index (χ0n) is 9.14. The average molecular weight is 225 g/mol. The normalized spacial score (nSPS) is 23.2. The van der Waals surface area contributed by atoms with Crippen LogP contribution in [0.3, 0.4) is 0 Å². The van der Waals surface area contributed by atoms with Crippen molar-refractivity contribution in [1.82, 2.24) is 10.2 Å². The van der Waals surface area contributed by atoms with Crippen LogP contribution in [-0.2, 0) is 9.59 Å². The number of piperazine rings is 1. The Morgan fingerprint density at radius 2 is 2.50 bits per heavy atom. The first-order valence-corrected chi connectivity index (χ1v) is 5.25. The molecular weight excluding hydrogens is 210 g/mol. The van der Waals surface area contributed by atoms with Gasteiger partial charge in [0.25, 0.3) is 0 Å². The summed E-state index contributed by atoms with van der Waals surface area (Å²) in [6, 6.07) is 0.979. The Labute approximate surface area is 93.8 Å². The Kier molecular flexibility index (Phi) is 4.26. The molecule has 2 unspecified atom stereocenters. The lowest BCUT2D eigenvalue weighted by molar-refractivity contribution is -0.143. The molecule has 0 aromatic heterocycles. The zero-order valence-corrected chi connectivity index (χ0v) is 9.14. The molecule has 2 atom stereocenters. The maximum Gasteiger partial charge on any atom is 0.305 e. The van der Waals surface area contributed by atoms with Crippen LogP contribution in [0.1, 0.15) is 19.8 Å². The van der Waals surface area contributed by atoms with Gasteiger partial charge in [0.05, 0.1) is 18.5 Å². The van der Waals surface area contributed by atoms with E-state index < -0.39 is 18.1 Å². The summed E-state index contributed by atoms with van der Waals surface area (Å²) < 4.78 is 0. The molecule has 0 radical (unpaired) electrons. The fraction of sp³-hybridized carbons (Fsp3) is 0.700. The first-order valence-electron chi connectivity index (χ1n) is 5.25. The van der Waals surface area contributed by atoms with E-state index in [-0.39, 0.29) is 12.3 Å². The average Bonchev–Trinajstić information content (AvgIpc) is 2.24. The molecule has 1 heterocycles. The number of hydrogen-bond donors (Lipinski definition) is 2. The number of nitriles is 1. The lowest BCUT2D eigenvalue weighted by Gasteiger charge is -2.36. The van der Waals surface area contributed by atoms with Crippen molar-refractivity contribution in [3.63, 3.8) is 0 Å². The van der Waals surface area contributed by atoms with Gasteiger partial charge in [0.1, 0.15) is 6.04 Å². The van der Waals surface area contributed by atoms with Gasteiger partial charge in [0.15, 0.2) is 0 Å². The van der Waals surface area contributed by atoms with E-state index in [1.807, 2.05) is 6.92 Å². The number of hydrogen-bond acceptors (Lipinski definition) is 4. The minimum absolute atomic E-state index is 0.260. The molecule has 2 N–H and O–H groups in total. The predicted molar refractivity (Wildman–Crippen MR) is 55.4 cm³/mol. The van der Waals surface area contributed by atoms with Gasteiger partial charge in [-0.15, -0.1) is 0 Å². The standard InChI is InChI=1S/C10H15N3O3/c1-2-7(6-11)13-4-3-12-10(16)8(13)5-9(14)15/h7-8H,2-5H2,1H3,(H,12,16)(H,14,15). The summed E-state index contributed by atoms with van der Waals surface area (Å²) in [6.07, 6.45) is 0.323. The summed E-state index contributed by atoms with van der Waals surface area (Å²) in [5, 5.41) is 20.3. The summed E-state index contributed by atoms with van der Waals surface area (Å²) in [7, 11) is 0. The van der Waals surface area contributed by atoms with Crippen LogP contribution in [0.15, 0.2) is 0 Å². The Morgan fingerprint density at radius 3 is 3.00 bits per heavy atom. The molecule has 1 rings (SSSR count). The van der Waals surface area contributed by atoms with Gasteiger partial charge in [-0.3, -0.25) is 14.5 Å². The Balaban J connectivity index is 2.82.